The van der Waals surface area contributed by atoms with Crippen LogP contribution >= 0.6 is 11.6 Å². The molecule has 4 nitrogen and oxygen atoms in total. The third-order valence-corrected chi connectivity index (χ3v) is 5.09. The van der Waals surface area contributed by atoms with Gasteiger partial charge in [-0.3, -0.25) is 0 Å². The van der Waals surface area contributed by atoms with Crippen LogP contribution in [0.15, 0.2) is 23.1 Å². The first-order valence-electron chi connectivity index (χ1n) is 7.02. The highest BCUT2D eigenvalue weighted by Gasteiger charge is 2.20. The molecule has 0 saturated heterocycles. The summed E-state index contributed by atoms with van der Waals surface area (Å²) in [4.78, 5) is -0.0207. The highest BCUT2D eigenvalue weighted by atomic mass is 35.5. The minimum Gasteiger partial charge on any atom is -0.398 e. The highest BCUT2D eigenvalue weighted by molar-refractivity contribution is 7.89. The fraction of sp³-hybridized carbons (Fsp3) is 0.571. The van der Waals surface area contributed by atoms with Gasteiger partial charge in [-0.05, 0) is 18.6 Å². The molecule has 0 fully saturated rings. The SMILES string of the molecule is CCCCCCCCNS(=O)(=O)c1c(N)cccc1Cl. The number of sulfonamides is 1. The van der Waals surface area contributed by atoms with Gasteiger partial charge in [-0.15, -0.1) is 0 Å². The molecule has 0 aliphatic rings. The summed E-state index contributed by atoms with van der Waals surface area (Å²) in [6, 6.07) is 4.69. The maximum absolute atomic E-state index is 12.1. The Kier molecular flexibility index (Phi) is 7.34. The number of hydrogen-bond acceptors (Lipinski definition) is 3. The summed E-state index contributed by atoms with van der Waals surface area (Å²) in [5, 5.41) is 0.153. The zero-order valence-electron chi connectivity index (χ0n) is 11.9. The van der Waals surface area contributed by atoms with E-state index in [4.69, 9.17) is 17.3 Å². The molecular weight excluding hydrogens is 296 g/mol. The Labute approximate surface area is 126 Å². The average Bonchev–Trinajstić information content (AvgIpc) is 2.37. The second kappa shape index (κ2) is 8.49. The highest BCUT2D eigenvalue weighted by Crippen LogP contribution is 2.26. The first-order chi connectivity index (χ1) is 9.49. The summed E-state index contributed by atoms with van der Waals surface area (Å²) in [5.74, 6) is 0. The number of unbranched alkanes of at least 4 members (excludes halogenated alkanes) is 5. The van der Waals surface area contributed by atoms with Gasteiger partial charge in [0, 0.05) is 6.54 Å². The molecule has 114 valence electrons. The second-order valence-corrected chi connectivity index (χ2v) is 6.93. The topological polar surface area (TPSA) is 72.2 Å². The minimum absolute atomic E-state index is 0.0207. The molecule has 0 bridgehead atoms. The second-order valence-electron chi connectivity index (χ2n) is 4.82. The van der Waals surface area contributed by atoms with Gasteiger partial charge < -0.3 is 5.73 Å². The molecule has 1 rings (SSSR count). The largest absolute Gasteiger partial charge is 0.398 e. The van der Waals surface area contributed by atoms with E-state index in [1.807, 2.05) is 0 Å². The fourth-order valence-electron chi connectivity index (χ4n) is 1.99. The van der Waals surface area contributed by atoms with E-state index in [0.717, 1.165) is 19.3 Å². The van der Waals surface area contributed by atoms with Gasteiger partial charge in [0.1, 0.15) is 4.90 Å². The Hall–Kier alpha value is -0.780. The van der Waals surface area contributed by atoms with Crippen molar-refractivity contribution >= 4 is 27.3 Å². The molecular formula is C14H23ClN2O2S. The number of nitrogens with two attached hydrogens (primary N) is 1. The van der Waals surface area contributed by atoms with Gasteiger partial charge in [0.25, 0.3) is 0 Å². The summed E-state index contributed by atoms with van der Waals surface area (Å²) in [6.45, 7) is 2.58. The lowest BCUT2D eigenvalue weighted by atomic mass is 10.1. The van der Waals surface area contributed by atoms with Crippen LogP contribution in [0.5, 0.6) is 0 Å². The summed E-state index contributed by atoms with van der Waals surface area (Å²) in [5.41, 5.74) is 5.86. The Bertz CT molecular complexity index is 498. The number of nitrogen functional groups attached to an aromatic ring is 1. The van der Waals surface area contributed by atoms with Gasteiger partial charge in [-0.1, -0.05) is 56.7 Å². The zero-order valence-corrected chi connectivity index (χ0v) is 13.4. The molecule has 1 aromatic rings. The molecule has 6 heteroatoms. The lowest BCUT2D eigenvalue weighted by Gasteiger charge is -2.10. The molecule has 0 spiro atoms. The van der Waals surface area contributed by atoms with Crippen molar-refractivity contribution in [1.29, 1.82) is 0 Å². The summed E-state index contributed by atoms with van der Waals surface area (Å²) < 4.78 is 26.8. The van der Waals surface area contributed by atoms with E-state index >= 15 is 0 Å². The summed E-state index contributed by atoms with van der Waals surface area (Å²) in [7, 11) is -3.63. The van der Waals surface area contributed by atoms with Crippen LogP contribution in [0.2, 0.25) is 5.02 Å². The van der Waals surface area contributed by atoms with E-state index in [0.29, 0.717) is 6.54 Å². The molecule has 1 aromatic carbocycles. The number of benzene rings is 1. The van der Waals surface area contributed by atoms with E-state index in [1.54, 1.807) is 6.07 Å². The molecule has 0 heterocycles. The van der Waals surface area contributed by atoms with E-state index in [-0.39, 0.29) is 15.6 Å². The van der Waals surface area contributed by atoms with Crippen molar-refractivity contribution in [3.8, 4) is 0 Å². The van der Waals surface area contributed by atoms with Crippen molar-refractivity contribution in [2.24, 2.45) is 0 Å². The van der Waals surface area contributed by atoms with Crippen molar-refractivity contribution in [1.82, 2.24) is 4.72 Å². The Balaban J connectivity index is 2.46. The van der Waals surface area contributed by atoms with Gasteiger partial charge in [-0.2, -0.15) is 0 Å². The van der Waals surface area contributed by atoms with Crippen molar-refractivity contribution < 1.29 is 8.42 Å². The van der Waals surface area contributed by atoms with Crippen LogP contribution in [-0.2, 0) is 10.0 Å². The number of anilines is 1. The van der Waals surface area contributed by atoms with Crippen LogP contribution in [0, 0.1) is 0 Å². The summed E-state index contributed by atoms with van der Waals surface area (Å²) in [6.07, 6.45) is 6.65. The van der Waals surface area contributed by atoms with Crippen LogP contribution < -0.4 is 10.5 Å². The van der Waals surface area contributed by atoms with E-state index < -0.39 is 10.0 Å². The Morgan fingerprint density at radius 2 is 1.80 bits per heavy atom. The monoisotopic (exact) mass is 318 g/mol. The Morgan fingerprint density at radius 3 is 2.45 bits per heavy atom. The summed E-state index contributed by atoms with van der Waals surface area (Å²) >= 11 is 5.91. The van der Waals surface area contributed by atoms with Crippen molar-refractivity contribution in [2.45, 2.75) is 50.3 Å². The average molecular weight is 319 g/mol. The van der Waals surface area contributed by atoms with E-state index in [2.05, 4.69) is 11.6 Å². The molecule has 3 N–H and O–H groups in total. The standard InChI is InChI=1S/C14H23ClN2O2S/c1-2-3-4-5-6-7-11-17-20(18,19)14-12(15)9-8-10-13(14)16/h8-10,17H,2-7,11,16H2,1H3. The van der Waals surface area contributed by atoms with Crippen molar-refractivity contribution in [3.63, 3.8) is 0 Å². The van der Waals surface area contributed by atoms with Crippen LogP contribution in [0.4, 0.5) is 5.69 Å². The predicted molar refractivity (Wildman–Crippen MR) is 84.4 cm³/mol. The molecule has 0 aliphatic heterocycles. The molecule has 0 amide bonds. The number of halogens is 1. The lowest BCUT2D eigenvalue weighted by molar-refractivity contribution is 0.568. The first kappa shape index (κ1) is 17.3. The van der Waals surface area contributed by atoms with Gasteiger partial charge in [0.2, 0.25) is 10.0 Å². The minimum atomic E-state index is -3.63. The van der Waals surface area contributed by atoms with Gasteiger partial charge in [-0.25, -0.2) is 13.1 Å². The smallest absolute Gasteiger partial charge is 0.244 e. The molecule has 0 saturated carbocycles. The van der Waals surface area contributed by atoms with Crippen LogP contribution in [0.1, 0.15) is 45.4 Å². The first-order valence-corrected chi connectivity index (χ1v) is 8.89. The van der Waals surface area contributed by atoms with Crippen molar-refractivity contribution in [2.75, 3.05) is 12.3 Å². The van der Waals surface area contributed by atoms with E-state index in [9.17, 15) is 8.42 Å². The molecule has 0 aromatic heterocycles. The van der Waals surface area contributed by atoms with Gasteiger partial charge >= 0.3 is 0 Å². The van der Waals surface area contributed by atoms with Crippen LogP contribution in [-0.4, -0.2) is 15.0 Å². The molecule has 20 heavy (non-hydrogen) atoms. The fourth-order valence-corrected chi connectivity index (χ4v) is 3.74. The van der Waals surface area contributed by atoms with Crippen LogP contribution in [0.25, 0.3) is 0 Å². The van der Waals surface area contributed by atoms with Gasteiger partial charge in [0.05, 0.1) is 10.7 Å². The number of nitrogens with one attached hydrogen (secondary N) is 1. The molecule has 0 aliphatic carbocycles. The maximum atomic E-state index is 12.1. The Morgan fingerprint density at radius 1 is 1.15 bits per heavy atom. The number of hydrogen-bond donors (Lipinski definition) is 2. The molecule has 0 unspecified atom stereocenters. The normalized spacial score (nSPS) is 11.7. The molecule has 0 radical (unpaired) electrons. The predicted octanol–water partition coefficient (Wildman–Crippen LogP) is 3.56. The van der Waals surface area contributed by atoms with E-state index in [1.165, 1.54) is 31.4 Å². The van der Waals surface area contributed by atoms with Crippen LogP contribution in [0.3, 0.4) is 0 Å². The third kappa shape index (κ3) is 5.31. The van der Waals surface area contributed by atoms with Crippen molar-refractivity contribution in [3.05, 3.63) is 23.2 Å². The molecule has 0 atom stereocenters. The quantitative estimate of drug-likeness (QED) is 0.540. The lowest BCUT2D eigenvalue weighted by Crippen LogP contribution is -2.26. The third-order valence-electron chi connectivity index (χ3n) is 3.09. The van der Waals surface area contributed by atoms with Gasteiger partial charge in [0.15, 0.2) is 0 Å². The number of rotatable bonds is 9. The zero-order chi connectivity index (χ0) is 15.0. The maximum Gasteiger partial charge on any atom is 0.244 e.